The molecule has 0 aliphatic rings. The van der Waals surface area contributed by atoms with Crippen LogP contribution in [-0.2, 0) is 9.59 Å². The van der Waals surface area contributed by atoms with Crippen molar-refractivity contribution in [2.24, 2.45) is 0 Å². The lowest BCUT2D eigenvalue weighted by Gasteiger charge is -2.09. The van der Waals surface area contributed by atoms with Crippen LogP contribution in [0.2, 0.25) is 0 Å². The Morgan fingerprint density at radius 1 is 0.615 bits per heavy atom. The van der Waals surface area contributed by atoms with Gasteiger partial charge in [-0.3, -0.25) is 19.6 Å². The third kappa shape index (κ3) is 5.10. The Hall–Kier alpha value is -4.21. The van der Waals surface area contributed by atoms with E-state index in [0.29, 0.717) is 47.2 Å². The molecule has 0 saturated heterocycles. The first kappa shape index (κ1) is 26.4. The third-order valence-electron chi connectivity index (χ3n) is 6.79. The van der Waals surface area contributed by atoms with Crippen molar-refractivity contribution in [1.29, 1.82) is 0 Å². The molecule has 0 N–H and O–H groups in total. The van der Waals surface area contributed by atoms with Crippen LogP contribution in [0.3, 0.4) is 0 Å². The lowest BCUT2D eigenvalue weighted by atomic mass is 10.0. The molecule has 0 amide bonds. The Balaban J connectivity index is 1.59. The highest BCUT2D eigenvalue weighted by atomic mass is 32.1. The maximum atomic E-state index is 11.2. The van der Waals surface area contributed by atoms with Crippen molar-refractivity contribution in [2.45, 2.75) is 34.6 Å². The predicted octanol–water partition coefficient (Wildman–Crippen LogP) is 7.28. The molecule has 39 heavy (non-hydrogen) atoms. The summed E-state index contributed by atoms with van der Waals surface area (Å²) in [7, 11) is 0. The molecule has 0 bridgehead atoms. The number of rotatable bonds is 8. The number of carbonyl (C=O) groups excluding carboxylic acids is 2. The molecule has 0 saturated carbocycles. The largest absolute Gasteiger partial charge is 0.429 e. The highest BCUT2D eigenvalue weighted by Gasteiger charge is 2.20. The van der Waals surface area contributed by atoms with Gasteiger partial charge in [-0.25, -0.2) is 4.98 Å². The SMILES string of the molecule is Cc1sc(-c2sc(-c3ccnc(-c4cc(OC=O)cc(-c5cc(OC=O)ccn5)n4)c3)c(C)c2C)c(C)c1C. The second-order valence-corrected chi connectivity index (χ2v) is 11.3. The summed E-state index contributed by atoms with van der Waals surface area (Å²) < 4.78 is 10.1. The van der Waals surface area contributed by atoms with Crippen LogP contribution < -0.4 is 9.47 Å². The van der Waals surface area contributed by atoms with Crippen LogP contribution in [0.25, 0.3) is 43.0 Å². The molecule has 5 aromatic heterocycles. The first-order chi connectivity index (χ1) is 18.8. The van der Waals surface area contributed by atoms with Crippen molar-refractivity contribution < 1.29 is 19.1 Å². The third-order valence-corrected chi connectivity index (χ3v) is 9.70. The van der Waals surface area contributed by atoms with Gasteiger partial charge >= 0.3 is 0 Å². The Kier molecular flexibility index (Phi) is 7.36. The van der Waals surface area contributed by atoms with E-state index < -0.39 is 0 Å². The Bertz CT molecular complexity index is 1720. The second-order valence-electron chi connectivity index (χ2n) is 9.06. The number of aromatic nitrogens is 3. The standard InChI is InChI=1S/C30H25N3O4S2/c1-16-17(2)29(38-20(16)5)30-19(4)18(3)28(39-30)21-6-8-31-24(10-21)26-12-23(37-15-35)13-27(33-26)25-11-22(36-14-34)7-9-32-25/h6-15H,1-5H3. The summed E-state index contributed by atoms with van der Waals surface area (Å²) in [6.45, 7) is 11.6. The van der Waals surface area contributed by atoms with Crippen LogP contribution >= 0.6 is 22.7 Å². The molecule has 0 atom stereocenters. The summed E-state index contributed by atoms with van der Waals surface area (Å²) in [6.07, 6.45) is 3.27. The van der Waals surface area contributed by atoms with E-state index >= 15 is 0 Å². The summed E-state index contributed by atoms with van der Waals surface area (Å²) in [6, 6.07) is 10.4. The molecule has 0 fully saturated rings. The van der Waals surface area contributed by atoms with Crippen LogP contribution in [0.4, 0.5) is 0 Å². The monoisotopic (exact) mass is 555 g/mol. The number of ether oxygens (including phenoxy) is 2. The van der Waals surface area contributed by atoms with Gasteiger partial charge < -0.3 is 9.47 Å². The van der Waals surface area contributed by atoms with Crippen molar-refractivity contribution in [2.75, 3.05) is 0 Å². The minimum Gasteiger partial charge on any atom is -0.429 e. The fourth-order valence-electron chi connectivity index (χ4n) is 4.33. The van der Waals surface area contributed by atoms with Crippen molar-refractivity contribution in [3.05, 3.63) is 75.9 Å². The van der Waals surface area contributed by atoms with E-state index in [4.69, 9.17) is 14.5 Å². The molecule has 0 aliphatic heterocycles. The molecule has 0 unspecified atom stereocenters. The summed E-state index contributed by atoms with van der Waals surface area (Å²) in [4.78, 5) is 40.7. The zero-order chi connectivity index (χ0) is 27.7. The number of thiophene rings is 2. The Labute approximate surface area is 234 Å². The fourth-order valence-corrected chi connectivity index (χ4v) is 7.05. The lowest BCUT2D eigenvalue weighted by molar-refractivity contribution is -0.121. The zero-order valence-corrected chi connectivity index (χ0v) is 23.7. The Morgan fingerprint density at radius 3 is 1.79 bits per heavy atom. The predicted molar refractivity (Wildman–Crippen MR) is 154 cm³/mol. The molecule has 196 valence electrons. The number of hydrogen-bond donors (Lipinski definition) is 0. The Morgan fingerprint density at radius 2 is 1.15 bits per heavy atom. The number of nitrogens with zero attached hydrogens (tertiary/aromatic N) is 3. The van der Waals surface area contributed by atoms with Crippen LogP contribution in [-0.4, -0.2) is 27.9 Å². The molecule has 0 spiro atoms. The number of hydrogen-bond acceptors (Lipinski definition) is 9. The van der Waals surface area contributed by atoms with E-state index in [-0.39, 0.29) is 0 Å². The van der Waals surface area contributed by atoms with Gasteiger partial charge in [0.25, 0.3) is 12.9 Å². The van der Waals surface area contributed by atoms with Gasteiger partial charge in [0.15, 0.2) is 0 Å². The molecule has 0 aromatic carbocycles. The van der Waals surface area contributed by atoms with Crippen molar-refractivity contribution in [3.8, 4) is 54.5 Å². The molecule has 0 radical (unpaired) electrons. The number of aryl methyl sites for hydroxylation is 1. The summed E-state index contributed by atoms with van der Waals surface area (Å²) in [5.74, 6) is 0.621. The van der Waals surface area contributed by atoms with Gasteiger partial charge in [-0.05, 0) is 80.6 Å². The van der Waals surface area contributed by atoms with Crippen molar-refractivity contribution >= 4 is 35.6 Å². The molecular formula is C30H25N3O4S2. The van der Waals surface area contributed by atoms with Gasteiger partial charge in [0.1, 0.15) is 11.5 Å². The van der Waals surface area contributed by atoms with E-state index in [1.165, 1.54) is 48.0 Å². The molecule has 5 rings (SSSR count). The van der Waals surface area contributed by atoms with Gasteiger partial charge in [0.05, 0.1) is 22.8 Å². The smallest absolute Gasteiger partial charge is 0.298 e. The molecule has 5 heterocycles. The molecule has 7 nitrogen and oxygen atoms in total. The van der Waals surface area contributed by atoms with Gasteiger partial charge in [0.2, 0.25) is 0 Å². The molecular weight excluding hydrogens is 530 g/mol. The van der Waals surface area contributed by atoms with Gasteiger partial charge in [-0.1, -0.05) is 0 Å². The van der Waals surface area contributed by atoms with Gasteiger partial charge in [-0.15, -0.1) is 22.7 Å². The van der Waals surface area contributed by atoms with E-state index in [2.05, 4.69) is 44.6 Å². The molecule has 5 aromatic rings. The average Bonchev–Trinajstić information content (AvgIpc) is 3.38. The summed E-state index contributed by atoms with van der Waals surface area (Å²) in [5.41, 5.74) is 8.27. The van der Waals surface area contributed by atoms with Gasteiger partial charge in [0, 0.05) is 50.1 Å². The normalized spacial score (nSPS) is 10.9. The van der Waals surface area contributed by atoms with Crippen LogP contribution in [0.1, 0.15) is 27.1 Å². The topological polar surface area (TPSA) is 91.3 Å². The van der Waals surface area contributed by atoms with E-state index in [1.54, 1.807) is 41.8 Å². The first-order valence-electron chi connectivity index (χ1n) is 12.1. The van der Waals surface area contributed by atoms with Crippen molar-refractivity contribution in [1.82, 2.24) is 15.0 Å². The molecule has 0 aliphatic carbocycles. The number of pyridine rings is 3. The average molecular weight is 556 g/mol. The molecule has 9 heteroatoms. The number of carbonyl (C=O) groups is 2. The quantitative estimate of drug-likeness (QED) is 0.186. The van der Waals surface area contributed by atoms with E-state index in [0.717, 1.165) is 5.56 Å². The fraction of sp³-hybridized carbons (Fsp3) is 0.167. The van der Waals surface area contributed by atoms with Crippen LogP contribution in [0.5, 0.6) is 11.5 Å². The minimum atomic E-state index is 0.296. The lowest BCUT2D eigenvalue weighted by Crippen LogP contribution is -1.97. The maximum Gasteiger partial charge on any atom is 0.298 e. The van der Waals surface area contributed by atoms with Gasteiger partial charge in [-0.2, -0.15) is 0 Å². The van der Waals surface area contributed by atoms with E-state index in [1.807, 2.05) is 23.5 Å². The minimum absolute atomic E-state index is 0.296. The first-order valence-corrected chi connectivity index (χ1v) is 13.8. The zero-order valence-electron chi connectivity index (χ0n) is 22.1. The second kappa shape index (κ2) is 10.9. The maximum absolute atomic E-state index is 11.2. The summed E-state index contributed by atoms with van der Waals surface area (Å²) in [5, 5.41) is 0. The highest BCUT2D eigenvalue weighted by Crippen LogP contribution is 2.46. The van der Waals surface area contributed by atoms with Crippen LogP contribution in [0, 0.1) is 34.6 Å². The van der Waals surface area contributed by atoms with E-state index in [9.17, 15) is 9.59 Å². The van der Waals surface area contributed by atoms with Crippen molar-refractivity contribution in [3.63, 3.8) is 0 Å². The van der Waals surface area contributed by atoms with Crippen LogP contribution in [0.15, 0.2) is 48.8 Å². The summed E-state index contributed by atoms with van der Waals surface area (Å²) >= 11 is 3.64. The highest BCUT2D eigenvalue weighted by molar-refractivity contribution is 7.24.